The van der Waals surface area contributed by atoms with E-state index in [0.29, 0.717) is 27.8 Å². The zero-order valence-corrected chi connectivity index (χ0v) is 13.5. The number of aromatic carboxylic acids is 1. The Balaban J connectivity index is 2.12. The monoisotopic (exact) mass is 345 g/mol. The maximum Gasteiger partial charge on any atom is 0.357 e. The van der Waals surface area contributed by atoms with Crippen LogP contribution in [0.4, 0.5) is 5.69 Å². The van der Waals surface area contributed by atoms with Crippen LogP contribution in [-0.4, -0.2) is 31.6 Å². The molecule has 0 aliphatic carbocycles. The minimum atomic E-state index is -1.14. The van der Waals surface area contributed by atoms with Gasteiger partial charge in [0, 0.05) is 13.2 Å². The second kappa shape index (κ2) is 6.71. The predicted octanol–water partition coefficient (Wildman–Crippen LogP) is 2.15. The smallest absolute Gasteiger partial charge is 0.357 e. The number of anilines is 1. The van der Waals surface area contributed by atoms with Crippen LogP contribution in [0.2, 0.25) is 0 Å². The second-order valence-electron chi connectivity index (χ2n) is 5.21. The molecule has 0 aliphatic rings. The lowest BCUT2D eigenvalue weighted by molar-refractivity contribution is 0.0691. The lowest BCUT2D eigenvalue weighted by atomic mass is 10.0. The molecule has 0 atom stereocenters. The molecule has 0 radical (unpaired) electrons. The van der Waals surface area contributed by atoms with Crippen molar-refractivity contribution in [2.45, 2.75) is 0 Å². The third-order valence-electron chi connectivity index (χ3n) is 3.61. The molecule has 0 bridgehead atoms. The van der Waals surface area contributed by atoms with Gasteiger partial charge >= 0.3 is 5.97 Å². The molecule has 0 fully saturated rings. The van der Waals surface area contributed by atoms with E-state index in [9.17, 15) is 9.90 Å². The van der Waals surface area contributed by atoms with E-state index in [4.69, 9.17) is 10.5 Å². The molecule has 9 nitrogen and oxygen atoms in total. The highest BCUT2D eigenvalue weighted by atomic mass is 16.4. The van der Waals surface area contributed by atoms with Crippen LogP contribution in [0.5, 0.6) is 0 Å². The van der Waals surface area contributed by atoms with Crippen molar-refractivity contribution in [3.8, 4) is 23.3 Å². The molecule has 1 aromatic carbocycles. The van der Waals surface area contributed by atoms with Crippen LogP contribution in [-0.2, 0) is 7.05 Å². The van der Waals surface area contributed by atoms with Gasteiger partial charge in [-0.05, 0) is 29.3 Å². The van der Waals surface area contributed by atoms with Crippen molar-refractivity contribution in [3.05, 3.63) is 42.2 Å². The molecule has 3 rings (SSSR count). The molecule has 26 heavy (non-hydrogen) atoms. The number of aryl methyl sites for hydroxylation is 1. The number of fused-ring (bicyclic) bond motifs is 1. The Morgan fingerprint density at radius 2 is 2.08 bits per heavy atom. The number of hydrogen-bond donors (Lipinski definition) is 2. The number of benzene rings is 1. The summed E-state index contributed by atoms with van der Waals surface area (Å²) in [4.78, 5) is 15.7. The third-order valence-corrected chi connectivity index (χ3v) is 3.61. The summed E-state index contributed by atoms with van der Waals surface area (Å²) in [5.41, 5.74) is 4.60. The number of rotatable bonds is 4. The quantitative estimate of drug-likeness (QED) is 0.545. The standard InChI is InChI=1S/C17H11N7O2/c1-24-16-14(15(23-24)17(25)26)13(5-6-20-16)10-3-2-4-11(7-10)21-22-12(8-18)9-19/h2-7,21H,1H3,(H,25,26). The van der Waals surface area contributed by atoms with Crippen molar-refractivity contribution in [1.29, 1.82) is 10.5 Å². The maximum atomic E-state index is 11.5. The van der Waals surface area contributed by atoms with E-state index in [-0.39, 0.29) is 11.4 Å². The molecule has 0 saturated carbocycles. The van der Waals surface area contributed by atoms with Gasteiger partial charge in [-0.25, -0.2) is 14.5 Å². The van der Waals surface area contributed by atoms with Gasteiger partial charge in [-0.15, -0.1) is 0 Å². The van der Waals surface area contributed by atoms with Crippen molar-refractivity contribution >= 4 is 28.4 Å². The van der Waals surface area contributed by atoms with E-state index in [1.165, 1.54) is 4.68 Å². The van der Waals surface area contributed by atoms with Crippen molar-refractivity contribution < 1.29 is 9.90 Å². The number of carboxylic acid groups (broad SMARTS) is 1. The number of pyridine rings is 1. The topological polar surface area (TPSA) is 140 Å². The van der Waals surface area contributed by atoms with E-state index in [1.807, 2.05) is 0 Å². The molecule has 2 aromatic heterocycles. The van der Waals surface area contributed by atoms with Crippen LogP contribution in [0.25, 0.3) is 22.2 Å². The van der Waals surface area contributed by atoms with Crippen molar-refractivity contribution in [2.75, 3.05) is 5.43 Å². The van der Waals surface area contributed by atoms with Gasteiger partial charge in [0.2, 0.25) is 5.71 Å². The van der Waals surface area contributed by atoms with Gasteiger partial charge in [-0.1, -0.05) is 12.1 Å². The summed E-state index contributed by atoms with van der Waals surface area (Å²) < 4.78 is 1.42. The number of carbonyl (C=O) groups is 1. The number of nitrogens with one attached hydrogen (secondary N) is 1. The van der Waals surface area contributed by atoms with Crippen molar-refractivity contribution in [3.63, 3.8) is 0 Å². The fraction of sp³-hybridized carbons (Fsp3) is 0.0588. The Labute approximate surface area is 147 Å². The van der Waals surface area contributed by atoms with E-state index in [2.05, 4.69) is 20.6 Å². The highest BCUT2D eigenvalue weighted by molar-refractivity contribution is 6.10. The number of carboxylic acids is 1. The minimum absolute atomic E-state index is 0.0850. The summed E-state index contributed by atoms with van der Waals surface area (Å²) in [7, 11) is 1.63. The maximum absolute atomic E-state index is 11.5. The highest BCUT2D eigenvalue weighted by Gasteiger charge is 2.19. The first-order valence-corrected chi connectivity index (χ1v) is 7.34. The molecule has 2 N–H and O–H groups in total. The summed E-state index contributed by atoms with van der Waals surface area (Å²) in [5.74, 6) is -1.14. The Bertz CT molecular complexity index is 1120. The van der Waals surface area contributed by atoms with Crippen LogP contribution < -0.4 is 5.43 Å². The SMILES string of the molecule is Cn1nc(C(=O)O)c2c(-c3cccc(NN=C(C#N)C#N)c3)ccnc21. The molecule has 0 spiro atoms. The summed E-state index contributed by atoms with van der Waals surface area (Å²) in [6, 6.07) is 12.0. The van der Waals surface area contributed by atoms with Crippen LogP contribution in [0.15, 0.2) is 41.6 Å². The highest BCUT2D eigenvalue weighted by Crippen LogP contribution is 2.31. The first-order chi connectivity index (χ1) is 12.5. The Morgan fingerprint density at radius 1 is 1.31 bits per heavy atom. The summed E-state index contributed by atoms with van der Waals surface area (Å²) in [5, 5.41) is 35.0. The van der Waals surface area contributed by atoms with E-state index < -0.39 is 5.97 Å². The molecule has 0 aliphatic heterocycles. The van der Waals surface area contributed by atoms with Crippen LogP contribution in [0, 0.1) is 22.7 Å². The lowest BCUT2D eigenvalue weighted by Crippen LogP contribution is -1.99. The van der Waals surface area contributed by atoms with Gasteiger partial charge in [0.05, 0.1) is 11.1 Å². The molecular formula is C17H11N7O2. The first-order valence-electron chi connectivity index (χ1n) is 7.34. The molecule has 9 heteroatoms. The van der Waals surface area contributed by atoms with Gasteiger partial charge in [-0.3, -0.25) is 5.43 Å². The average molecular weight is 345 g/mol. The number of hydrogen-bond acceptors (Lipinski definition) is 7. The van der Waals surface area contributed by atoms with Gasteiger partial charge in [0.25, 0.3) is 0 Å². The minimum Gasteiger partial charge on any atom is -0.476 e. The largest absolute Gasteiger partial charge is 0.476 e. The number of nitrogens with zero attached hydrogens (tertiary/aromatic N) is 6. The Kier molecular flexibility index (Phi) is 4.29. The summed E-state index contributed by atoms with van der Waals surface area (Å²) >= 11 is 0. The van der Waals surface area contributed by atoms with E-state index in [0.717, 1.165) is 0 Å². The van der Waals surface area contributed by atoms with Gasteiger partial charge in [0.15, 0.2) is 11.3 Å². The van der Waals surface area contributed by atoms with Gasteiger partial charge < -0.3 is 5.11 Å². The fourth-order valence-corrected chi connectivity index (χ4v) is 2.52. The molecule has 0 saturated heterocycles. The van der Waals surface area contributed by atoms with E-state index >= 15 is 0 Å². The Morgan fingerprint density at radius 3 is 2.77 bits per heavy atom. The van der Waals surface area contributed by atoms with Gasteiger partial charge in [0.1, 0.15) is 12.1 Å². The second-order valence-corrected chi connectivity index (χ2v) is 5.21. The van der Waals surface area contributed by atoms with Crippen LogP contribution in [0.1, 0.15) is 10.5 Å². The lowest BCUT2D eigenvalue weighted by Gasteiger charge is -2.07. The molecule has 2 heterocycles. The van der Waals surface area contributed by atoms with Crippen molar-refractivity contribution in [1.82, 2.24) is 14.8 Å². The summed E-state index contributed by atoms with van der Waals surface area (Å²) in [6.45, 7) is 0. The molecular weight excluding hydrogens is 334 g/mol. The number of nitriles is 2. The average Bonchev–Trinajstić information content (AvgIpc) is 3.00. The van der Waals surface area contributed by atoms with Crippen LogP contribution in [0.3, 0.4) is 0 Å². The Hall–Kier alpha value is -4.24. The normalized spacial score (nSPS) is 9.96. The van der Waals surface area contributed by atoms with Gasteiger partial charge in [-0.2, -0.15) is 20.7 Å². The molecule has 3 aromatic rings. The zero-order valence-electron chi connectivity index (χ0n) is 13.5. The molecule has 0 unspecified atom stereocenters. The number of aromatic nitrogens is 3. The third kappa shape index (κ3) is 2.92. The van der Waals surface area contributed by atoms with E-state index in [1.54, 1.807) is 55.7 Å². The first kappa shape index (κ1) is 16.6. The van der Waals surface area contributed by atoms with Crippen LogP contribution >= 0.6 is 0 Å². The zero-order chi connectivity index (χ0) is 18.7. The summed E-state index contributed by atoms with van der Waals surface area (Å²) in [6.07, 6.45) is 1.58. The predicted molar refractivity (Wildman–Crippen MR) is 93.2 cm³/mol. The van der Waals surface area contributed by atoms with Crippen molar-refractivity contribution in [2.24, 2.45) is 12.1 Å². The molecule has 126 valence electrons. The number of hydrazone groups is 1. The molecule has 0 amide bonds. The fourth-order valence-electron chi connectivity index (χ4n) is 2.52.